The number of fused-ring (bicyclic) bond motifs is 1. The second-order valence-corrected chi connectivity index (χ2v) is 7.69. The molecule has 0 atom stereocenters. The van der Waals surface area contributed by atoms with Gasteiger partial charge in [-0.15, -0.1) is 0 Å². The Hall–Kier alpha value is -2.79. The summed E-state index contributed by atoms with van der Waals surface area (Å²) < 4.78 is 11.7. The lowest BCUT2D eigenvalue weighted by Crippen LogP contribution is -3.10. The fourth-order valence-electron chi connectivity index (χ4n) is 4.15. The lowest BCUT2D eigenvalue weighted by Gasteiger charge is -2.19. The van der Waals surface area contributed by atoms with Crippen molar-refractivity contribution in [3.8, 4) is 17.2 Å². The molecule has 0 radical (unpaired) electrons. The van der Waals surface area contributed by atoms with Crippen LogP contribution in [0.25, 0.3) is 6.08 Å². The zero-order chi connectivity index (χ0) is 20.2. The summed E-state index contributed by atoms with van der Waals surface area (Å²) in [5, 5.41) is 10.5. The van der Waals surface area contributed by atoms with Crippen molar-refractivity contribution < 1.29 is 24.3 Å². The summed E-state index contributed by atoms with van der Waals surface area (Å²) in [6.07, 6.45) is 6.66. The van der Waals surface area contributed by atoms with E-state index in [0.717, 1.165) is 24.2 Å². The maximum absolute atomic E-state index is 13.0. The van der Waals surface area contributed by atoms with Gasteiger partial charge in [0.25, 0.3) is 0 Å². The Balaban J connectivity index is 1.64. The number of quaternary nitrogens is 1. The van der Waals surface area contributed by atoms with Crippen molar-refractivity contribution in [2.45, 2.75) is 39.2 Å². The number of phenolic OH excluding ortho intramolecular Hbond substituents is 1. The summed E-state index contributed by atoms with van der Waals surface area (Å²) in [7, 11) is 0. The van der Waals surface area contributed by atoms with Gasteiger partial charge in [-0.2, -0.15) is 0 Å². The summed E-state index contributed by atoms with van der Waals surface area (Å²) in [5.41, 5.74) is 2.05. The van der Waals surface area contributed by atoms with Crippen molar-refractivity contribution in [1.29, 1.82) is 0 Å². The molecule has 0 aliphatic carbocycles. The lowest BCUT2D eigenvalue weighted by atomic mass is 10.0. The van der Waals surface area contributed by atoms with E-state index < -0.39 is 0 Å². The van der Waals surface area contributed by atoms with Gasteiger partial charge in [-0.05, 0) is 56.9 Å². The monoisotopic (exact) mass is 394 g/mol. The summed E-state index contributed by atoms with van der Waals surface area (Å²) >= 11 is 0. The van der Waals surface area contributed by atoms with Crippen molar-refractivity contribution in [2.75, 3.05) is 19.7 Å². The molecule has 0 spiro atoms. The Morgan fingerprint density at radius 1 is 1.10 bits per heavy atom. The first-order valence-electron chi connectivity index (χ1n) is 10.5. The van der Waals surface area contributed by atoms with Crippen LogP contribution in [0.15, 0.2) is 42.2 Å². The molecule has 2 aliphatic rings. The van der Waals surface area contributed by atoms with Gasteiger partial charge < -0.3 is 19.5 Å². The fraction of sp³-hybridized carbons (Fsp3) is 0.375. The van der Waals surface area contributed by atoms with E-state index in [0.29, 0.717) is 30.2 Å². The Labute approximate surface area is 171 Å². The van der Waals surface area contributed by atoms with Gasteiger partial charge in [0.15, 0.2) is 11.5 Å². The normalized spacial score (nSPS) is 18.4. The van der Waals surface area contributed by atoms with E-state index in [1.807, 2.05) is 31.2 Å². The summed E-state index contributed by atoms with van der Waals surface area (Å²) in [6, 6.07) is 10.9. The van der Waals surface area contributed by atoms with E-state index in [-0.39, 0.29) is 17.3 Å². The standard InChI is InChI=1S/C24H27NO4/c1-2-28-21-10-6-5-9-17(21)15-22-23(27)18-11-12-20(26)19(24(18)29-22)16-25-13-7-3-4-8-14-25/h5-6,9-12,15,26H,2-4,7-8,13-14,16H2,1H3/p+1/b22-15-. The van der Waals surface area contributed by atoms with Crippen molar-refractivity contribution in [1.82, 2.24) is 0 Å². The maximum atomic E-state index is 13.0. The van der Waals surface area contributed by atoms with Crippen LogP contribution in [0.2, 0.25) is 0 Å². The molecule has 4 rings (SSSR count). The van der Waals surface area contributed by atoms with Crippen molar-refractivity contribution >= 4 is 11.9 Å². The number of ketones is 1. The molecule has 5 nitrogen and oxygen atoms in total. The maximum Gasteiger partial charge on any atom is 0.231 e. The second-order valence-electron chi connectivity index (χ2n) is 7.69. The molecule has 152 valence electrons. The topological polar surface area (TPSA) is 60.2 Å². The molecule has 0 aromatic heterocycles. The van der Waals surface area contributed by atoms with Crippen molar-refractivity contribution in [2.24, 2.45) is 0 Å². The van der Waals surface area contributed by atoms with Crippen LogP contribution in [0.3, 0.4) is 0 Å². The van der Waals surface area contributed by atoms with Crippen molar-refractivity contribution in [3.63, 3.8) is 0 Å². The fourth-order valence-corrected chi connectivity index (χ4v) is 4.15. The average molecular weight is 394 g/mol. The third-order valence-corrected chi connectivity index (χ3v) is 5.66. The third-order valence-electron chi connectivity index (χ3n) is 5.66. The molecule has 5 heteroatoms. The molecule has 1 fully saturated rings. The third kappa shape index (κ3) is 4.15. The van der Waals surface area contributed by atoms with Gasteiger partial charge in [-0.1, -0.05) is 18.2 Å². The average Bonchev–Trinajstić information content (AvgIpc) is 2.88. The number of allylic oxidation sites excluding steroid dienone is 1. The number of hydrogen-bond donors (Lipinski definition) is 2. The number of hydrogen-bond acceptors (Lipinski definition) is 4. The number of likely N-dealkylation sites (tertiary alicyclic amines) is 1. The minimum atomic E-state index is -0.154. The SMILES string of the molecule is CCOc1ccccc1/C=C1\Oc2c(ccc(O)c2C[NH+]2CCCCCC2)C1=O. The van der Waals surface area contributed by atoms with Gasteiger partial charge in [0.05, 0.1) is 30.8 Å². The first kappa shape index (κ1) is 19.5. The molecule has 2 heterocycles. The Kier molecular flexibility index (Phi) is 5.86. The lowest BCUT2D eigenvalue weighted by molar-refractivity contribution is -0.913. The minimum absolute atomic E-state index is 0.154. The predicted molar refractivity (Wildman–Crippen MR) is 112 cm³/mol. The zero-order valence-corrected chi connectivity index (χ0v) is 16.9. The molecule has 2 aromatic carbocycles. The number of Topliss-reactive ketones (excluding diaryl/α,β-unsaturated/α-hetero) is 1. The number of ether oxygens (including phenoxy) is 2. The van der Waals surface area contributed by atoms with Crippen molar-refractivity contribution in [3.05, 3.63) is 58.8 Å². The Morgan fingerprint density at radius 3 is 2.62 bits per heavy atom. The largest absolute Gasteiger partial charge is 0.507 e. The number of benzene rings is 2. The van der Waals surface area contributed by atoms with Crippen LogP contribution in [0.1, 0.15) is 54.1 Å². The van der Waals surface area contributed by atoms with Gasteiger partial charge in [0.2, 0.25) is 5.78 Å². The Bertz CT molecular complexity index is 926. The van der Waals surface area contributed by atoms with E-state index in [1.54, 1.807) is 18.2 Å². The van der Waals surface area contributed by atoms with E-state index in [1.165, 1.54) is 30.6 Å². The molecule has 0 bridgehead atoms. The number of carbonyl (C=O) groups is 1. The highest BCUT2D eigenvalue weighted by Gasteiger charge is 2.32. The Morgan fingerprint density at radius 2 is 1.86 bits per heavy atom. The number of phenols is 1. The molecule has 0 amide bonds. The number of para-hydroxylation sites is 1. The molecular formula is C24H28NO4+. The van der Waals surface area contributed by atoms with Crippen LogP contribution in [-0.2, 0) is 6.54 Å². The van der Waals surface area contributed by atoms with Gasteiger partial charge in [0.1, 0.15) is 18.0 Å². The summed E-state index contributed by atoms with van der Waals surface area (Å²) in [6.45, 7) is 5.32. The molecule has 0 saturated carbocycles. The quantitative estimate of drug-likeness (QED) is 0.764. The smallest absolute Gasteiger partial charge is 0.231 e. The van der Waals surface area contributed by atoms with Gasteiger partial charge in [-0.3, -0.25) is 4.79 Å². The molecule has 29 heavy (non-hydrogen) atoms. The summed E-state index contributed by atoms with van der Waals surface area (Å²) in [5.74, 6) is 1.53. The predicted octanol–water partition coefficient (Wildman–Crippen LogP) is 3.37. The molecule has 0 unspecified atom stereocenters. The first-order valence-corrected chi connectivity index (χ1v) is 10.5. The van der Waals surface area contributed by atoms with Crippen LogP contribution >= 0.6 is 0 Å². The van der Waals surface area contributed by atoms with Gasteiger partial charge in [-0.25, -0.2) is 0 Å². The molecular weight excluding hydrogens is 366 g/mol. The van der Waals surface area contributed by atoms with Crippen LogP contribution < -0.4 is 14.4 Å². The van der Waals surface area contributed by atoms with Crippen LogP contribution in [0.5, 0.6) is 17.2 Å². The van der Waals surface area contributed by atoms with Crippen LogP contribution in [-0.4, -0.2) is 30.6 Å². The number of rotatable bonds is 5. The minimum Gasteiger partial charge on any atom is -0.507 e. The molecule has 2 N–H and O–H groups in total. The van der Waals surface area contributed by atoms with Crippen LogP contribution in [0.4, 0.5) is 0 Å². The molecule has 2 aliphatic heterocycles. The highest BCUT2D eigenvalue weighted by Crippen LogP contribution is 2.39. The number of nitrogens with one attached hydrogen (secondary N) is 1. The van der Waals surface area contributed by atoms with E-state index in [2.05, 4.69) is 0 Å². The second kappa shape index (κ2) is 8.70. The zero-order valence-electron chi connectivity index (χ0n) is 16.9. The van der Waals surface area contributed by atoms with Gasteiger partial charge >= 0.3 is 0 Å². The molecule has 2 aromatic rings. The van der Waals surface area contributed by atoms with Gasteiger partial charge in [0, 0.05) is 5.56 Å². The highest BCUT2D eigenvalue weighted by molar-refractivity contribution is 6.15. The van der Waals surface area contributed by atoms with Crippen LogP contribution in [0, 0.1) is 0 Å². The first-order chi connectivity index (χ1) is 14.2. The van der Waals surface area contributed by atoms with E-state index in [4.69, 9.17) is 9.47 Å². The number of carbonyl (C=O) groups excluding carboxylic acids is 1. The van der Waals surface area contributed by atoms with E-state index >= 15 is 0 Å². The summed E-state index contributed by atoms with van der Waals surface area (Å²) in [4.78, 5) is 14.4. The highest BCUT2D eigenvalue weighted by atomic mass is 16.5. The number of aromatic hydroxyl groups is 1. The van der Waals surface area contributed by atoms with E-state index in [9.17, 15) is 9.90 Å². The molecule has 1 saturated heterocycles.